The average Bonchev–Trinajstić information content (AvgIpc) is 3.04. The van der Waals surface area contributed by atoms with Crippen LogP contribution < -0.4 is 14.8 Å². The highest BCUT2D eigenvalue weighted by molar-refractivity contribution is 9.10. The minimum Gasteiger partial charge on any atom is -0.454 e. The molecule has 0 saturated heterocycles. The summed E-state index contributed by atoms with van der Waals surface area (Å²) in [6.45, 7) is 4.54. The van der Waals surface area contributed by atoms with Crippen LogP contribution >= 0.6 is 15.9 Å². The molecule has 2 aliphatic heterocycles. The zero-order chi connectivity index (χ0) is 18.8. The van der Waals surface area contributed by atoms with Crippen molar-refractivity contribution < 1.29 is 14.3 Å². The Kier molecular flexibility index (Phi) is 3.66. The van der Waals surface area contributed by atoms with Gasteiger partial charge in [-0.25, -0.2) is 0 Å². The van der Waals surface area contributed by atoms with Gasteiger partial charge in [0.2, 0.25) is 6.79 Å². The first-order valence-corrected chi connectivity index (χ1v) is 9.93. The molecule has 0 fully saturated rings. The van der Waals surface area contributed by atoms with Gasteiger partial charge in [-0.2, -0.15) is 0 Å². The number of halogens is 1. The monoisotopic (exact) mass is 425 g/mol. The Morgan fingerprint density at radius 3 is 2.67 bits per heavy atom. The predicted octanol–water partition coefficient (Wildman–Crippen LogP) is 5.38. The Hall–Kier alpha value is -2.27. The minimum atomic E-state index is -0.105. The van der Waals surface area contributed by atoms with Crippen LogP contribution in [0.2, 0.25) is 0 Å². The molecule has 1 atom stereocenters. The molecule has 1 N–H and O–H groups in total. The first-order valence-electron chi connectivity index (χ1n) is 9.14. The van der Waals surface area contributed by atoms with Gasteiger partial charge in [0.05, 0.1) is 0 Å². The van der Waals surface area contributed by atoms with Crippen molar-refractivity contribution in [2.24, 2.45) is 5.41 Å². The maximum atomic E-state index is 13.2. The summed E-state index contributed by atoms with van der Waals surface area (Å²) in [5.41, 5.74) is 5.04. The van der Waals surface area contributed by atoms with Crippen LogP contribution in [-0.4, -0.2) is 12.6 Å². The van der Waals surface area contributed by atoms with E-state index in [0.29, 0.717) is 6.42 Å². The molecule has 2 aromatic rings. The molecule has 27 heavy (non-hydrogen) atoms. The second kappa shape index (κ2) is 5.86. The van der Waals surface area contributed by atoms with E-state index in [4.69, 9.17) is 9.47 Å². The molecule has 0 bridgehead atoms. The number of anilines is 1. The number of nitrogens with one attached hydrogen (secondary N) is 1. The Labute approximate surface area is 166 Å². The third-order valence-corrected chi connectivity index (χ3v) is 6.03. The number of carbonyl (C=O) groups is 1. The molecule has 0 spiro atoms. The van der Waals surface area contributed by atoms with Crippen molar-refractivity contribution in [3.63, 3.8) is 0 Å². The van der Waals surface area contributed by atoms with Crippen molar-refractivity contribution in [1.82, 2.24) is 0 Å². The summed E-state index contributed by atoms with van der Waals surface area (Å²) in [5.74, 6) is 1.61. The van der Waals surface area contributed by atoms with Crippen molar-refractivity contribution >= 4 is 27.4 Å². The van der Waals surface area contributed by atoms with E-state index in [1.54, 1.807) is 0 Å². The molecule has 138 valence electrons. The van der Waals surface area contributed by atoms with Crippen LogP contribution in [0.3, 0.4) is 0 Å². The molecule has 5 rings (SSSR count). The smallest absolute Gasteiger partial charge is 0.231 e. The molecule has 3 aliphatic rings. The Balaban J connectivity index is 1.74. The fraction of sp³-hybridized carbons (Fsp3) is 0.318. The Morgan fingerprint density at radius 1 is 1.11 bits per heavy atom. The van der Waals surface area contributed by atoms with E-state index >= 15 is 0 Å². The lowest BCUT2D eigenvalue weighted by Gasteiger charge is -2.39. The highest BCUT2D eigenvalue weighted by atomic mass is 79.9. The number of ether oxygens (including phenoxy) is 2. The molecule has 2 heterocycles. The van der Waals surface area contributed by atoms with Crippen molar-refractivity contribution in [2.75, 3.05) is 12.1 Å². The quantitative estimate of drug-likeness (QED) is 0.666. The van der Waals surface area contributed by atoms with Crippen molar-refractivity contribution in [1.29, 1.82) is 0 Å². The molecular weight excluding hydrogens is 406 g/mol. The van der Waals surface area contributed by atoms with Crippen LogP contribution in [0.15, 0.2) is 52.1 Å². The van der Waals surface area contributed by atoms with Gasteiger partial charge < -0.3 is 14.8 Å². The Morgan fingerprint density at radius 2 is 1.89 bits per heavy atom. The maximum Gasteiger partial charge on any atom is 0.231 e. The van der Waals surface area contributed by atoms with Crippen molar-refractivity contribution in [3.8, 4) is 11.5 Å². The molecule has 0 radical (unpaired) electrons. The van der Waals surface area contributed by atoms with Gasteiger partial charge in [-0.3, -0.25) is 4.79 Å². The third kappa shape index (κ3) is 2.76. The first kappa shape index (κ1) is 16.9. The van der Waals surface area contributed by atoms with E-state index in [-0.39, 0.29) is 23.9 Å². The molecule has 1 aliphatic carbocycles. The first-order chi connectivity index (χ1) is 12.9. The number of ketones is 1. The van der Waals surface area contributed by atoms with Crippen LogP contribution in [0.1, 0.15) is 43.7 Å². The lowest BCUT2D eigenvalue weighted by Crippen LogP contribution is -2.33. The van der Waals surface area contributed by atoms with Crippen LogP contribution in [0.4, 0.5) is 5.69 Å². The maximum absolute atomic E-state index is 13.2. The highest BCUT2D eigenvalue weighted by Crippen LogP contribution is 2.51. The number of benzene rings is 2. The average molecular weight is 426 g/mol. The summed E-state index contributed by atoms with van der Waals surface area (Å²) in [7, 11) is 0. The highest BCUT2D eigenvalue weighted by Gasteiger charge is 2.41. The van der Waals surface area contributed by atoms with Crippen LogP contribution in [0.5, 0.6) is 11.5 Å². The fourth-order valence-electron chi connectivity index (χ4n) is 4.44. The van der Waals surface area contributed by atoms with Gasteiger partial charge in [-0.15, -0.1) is 0 Å². The van der Waals surface area contributed by atoms with E-state index in [2.05, 4.69) is 47.2 Å². The number of hydrogen-bond acceptors (Lipinski definition) is 4. The summed E-state index contributed by atoms with van der Waals surface area (Å²) in [6.07, 6.45) is 1.42. The molecule has 0 amide bonds. The minimum absolute atomic E-state index is 0.0431. The lowest BCUT2D eigenvalue weighted by molar-refractivity contribution is -0.118. The van der Waals surface area contributed by atoms with Gasteiger partial charge in [0.1, 0.15) is 0 Å². The summed E-state index contributed by atoms with van der Waals surface area (Å²) >= 11 is 3.58. The fourth-order valence-corrected chi connectivity index (χ4v) is 4.85. The number of rotatable bonds is 1. The van der Waals surface area contributed by atoms with Crippen LogP contribution in [0, 0.1) is 5.41 Å². The molecule has 0 aromatic heterocycles. The topological polar surface area (TPSA) is 47.6 Å². The van der Waals surface area contributed by atoms with Gasteiger partial charge in [0.15, 0.2) is 17.3 Å². The van der Waals surface area contributed by atoms with E-state index < -0.39 is 0 Å². The van der Waals surface area contributed by atoms with E-state index in [0.717, 1.165) is 50.5 Å². The van der Waals surface area contributed by atoms with Crippen molar-refractivity contribution in [2.45, 2.75) is 32.6 Å². The molecule has 0 saturated carbocycles. The normalized spacial score (nSPS) is 22.2. The zero-order valence-corrected chi connectivity index (χ0v) is 16.9. The summed E-state index contributed by atoms with van der Waals surface area (Å²) < 4.78 is 12.2. The Bertz CT molecular complexity index is 1010. The number of hydrogen-bond donors (Lipinski definition) is 1. The van der Waals surface area contributed by atoms with Crippen LogP contribution in [0.25, 0.3) is 0 Å². The summed E-state index contributed by atoms with van der Waals surface area (Å²) in [5, 5.41) is 3.54. The van der Waals surface area contributed by atoms with Gasteiger partial charge in [-0.1, -0.05) is 41.9 Å². The van der Waals surface area contributed by atoms with Gasteiger partial charge in [0.25, 0.3) is 0 Å². The second-order valence-corrected chi connectivity index (χ2v) is 9.15. The van der Waals surface area contributed by atoms with Crippen molar-refractivity contribution in [3.05, 3.63) is 63.3 Å². The second-order valence-electron chi connectivity index (χ2n) is 8.24. The van der Waals surface area contributed by atoms with E-state index in [9.17, 15) is 4.79 Å². The van der Waals surface area contributed by atoms with E-state index in [1.165, 1.54) is 0 Å². The number of allylic oxidation sites excluding steroid dienone is 2. The standard InChI is InChI=1S/C22H20BrNO3/c1-22(2)9-16-21(17(25)10-22)20(12-4-3-5-13(23)6-12)14-7-18-19(27-11-26-18)8-15(14)24-16/h3-8,20,24H,9-11H2,1-2H3/t20-/m0/s1. The van der Waals surface area contributed by atoms with Crippen LogP contribution in [-0.2, 0) is 4.79 Å². The SMILES string of the molecule is CC1(C)CC(=O)C2=C(C1)Nc1cc3c(cc1[C@@H]2c1cccc(Br)c1)OCO3. The number of carbonyl (C=O) groups excluding carboxylic acids is 1. The molecule has 4 nitrogen and oxygen atoms in total. The lowest BCUT2D eigenvalue weighted by atomic mass is 9.69. The summed E-state index contributed by atoms with van der Waals surface area (Å²) in [6, 6.07) is 12.2. The molecular formula is C22H20BrNO3. The number of Topliss-reactive ketones (excluding diaryl/α,β-unsaturated/α-hetero) is 1. The third-order valence-electron chi connectivity index (χ3n) is 5.53. The largest absolute Gasteiger partial charge is 0.454 e. The predicted molar refractivity (Wildman–Crippen MR) is 107 cm³/mol. The molecule has 0 unspecified atom stereocenters. The van der Waals surface area contributed by atoms with Gasteiger partial charge >= 0.3 is 0 Å². The van der Waals surface area contributed by atoms with E-state index in [1.807, 2.05) is 24.3 Å². The number of fused-ring (bicyclic) bond motifs is 2. The van der Waals surface area contributed by atoms with Gasteiger partial charge in [0, 0.05) is 39.8 Å². The van der Waals surface area contributed by atoms with Gasteiger partial charge in [-0.05, 0) is 41.2 Å². The molecule has 2 aromatic carbocycles. The summed E-state index contributed by atoms with van der Waals surface area (Å²) in [4.78, 5) is 13.2. The molecule has 5 heteroatoms. The zero-order valence-electron chi connectivity index (χ0n) is 15.3.